The Morgan fingerprint density at radius 1 is 1.09 bits per heavy atom. The molecule has 66 valence electrons. The summed E-state index contributed by atoms with van der Waals surface area (Å²) in [5, 5.41) is 1.65. The summed E-state index contributed by atoms with van der Waals surface area (Å²) in [5.74, 6) is -0.420. The van der Waals surface area contributed by atoms with Gasteiger partial charge in [0.05, 0.1) is 12.2 Å². The van der Waals surface area contributed by atoms with Crippen molar-refractivity contribution in [1.82, 2.24) is 0 Å². The number of ether oxygens (including phenoxy) is 2. The molecule has 0 amide bonds. The van der Waals surface area contributed by atoms with E-state index in [1.165, 1.54) is 0 Å². The smallest absolute Gasteiger partial charge is 0.163 e. The average Bonchev–Trinajstić information content (AvgIpc) is 2.25. The fourth-order valence-corrected chi connectivity index (χ4v) is 2.27. The molecule has 0 saturated carbocycles. The maximum atomic E-state index is 5.60. The van der Waals surface area contributed by atoms with Crippen LogP contribution in [-0.4, -0.2) is 28.7 Å². The second kappa shape index (κ2) is 3.73. The summed E-state index contributed by atoms with van der Waals surface area (Å²) in [7, 11) is 0. The summed E-state index contributed by atoms with van der Waals surface area (Å²) in [5.41, 5.74) is 0. The molecule has 2 nitrogen and oxygen atoms in total. The summed E-state index contributed by atoms with van der Waals surface area (Å²) < 4.78 is 11.2. The van der Waals surface area contributed by atoms with Gasteiger partial charge in [-0.15, -0.1) is 0 Å². The SMILES string of the molecule is CC1(C)OC(CBr)C(CBr)O1. The first-order chi connectivity index (χ1) is 5.09. The van der Waals surface area contributed by atoms with E-state index in [9.17, 15) is 0 Å². The van der Waals surface area contributed by atoms with Gasteiger partial charge >= 0.3 is 0 Å². The van der Waals surface area contributed by atoms with Gasteiger partial charge in [-0.1, -0.05) is 31.9 Å². The molecule has 4 heteroatoms. The highest BCUT2D eigenvalue weighted by atomic mass is 79.9. The van der Waals surface area contributed by atoms with Gasteiger partial charge in [-0.25, -0.2) is 0 Å². The van der Waals surface area contributed by atoms with Crippen LogP contribution in [0.1, 0.15) is 13.8 Å². The standard InChI is InChI=1S/C7H12Br2O2/c1-7(2)10-5(3-8)6(4-9)11-7/h5-6H,3-4H2,1-2H3. The van der Waals surface area contributed by atoms with Crippen molar-refractivity contribution >= 4 is 31.9 Å². The van der Waals surface area contributed by atoms with Gasteiger partial charge in [0.2, 0.25) is 0 Å². The van der Waals surface area contributed by atoms with Crippen LogP contribution in [0.5, 0.6) is 0 Å². The lowest BCUT2D eigenvalue weighted by molar-refractivity contribution is -0.142. The third-order valence-electron chi connectivity index (χ3n) is 1.59. The summed E-state index contributed by atoms with van der Waals surface area (Å²) >= 11 is 6.77. The third-order valence-corrected chi connectivity index (χ3v) is 2.87. The maximum absolute atomic E-state index is 5.60. The van der Waals surface area contributed by atoms with Crippen molar-refractivity contribution in [3.8, 4) is 0 Å². The van der Waals surface area contributed by atoms with E-state index >= 15 is 0 Å². The van der Waals surface area contributed by atoms with Gasteiger partial charge in [0, 0.05) is 10.7 Å². The molecule has 0 aromatic heterocycles. The van der Waals surface area contributed by atoms with E-state index < -0.39 is 5.79 Å². The van der Waals surface area contributed by atoms with Crippen LogP contribution < -0.4 is 0 Å². The highest BCUT2D eigenvalue weighted by molar-refractivity contribution is 9.09. The summed E-state index contributed by atoms with van der Waals surface area (Å²) in [4.78, 5) is 0. The predicted molar refractivity (Wildman–Crippen MR) is 51.4 cm³/mol. The van der Waals surface area contributed by atoms with E-state index in [0.717, 1.165) is 10.7 Å². The largest absolute Gasteiger partial charge is 0.344 e. The molecular formula is C7H12Br2O2. The van der Waals surface area contributed by atoms with Gasteiger partial charge < -0.3 is 9.47 Å². The van der Waals surface area contributed by atoms with Crippen molar-refractivity contribution in [2.45, 2.75) is 31.8 Å². The van der Waals surface area contributed by atoms with Crippen LogP contribution >= 0.6 is 31.9 Å². The monoisotopic (exact) mass is 286 g/mol. The Hall–Kier alpha value is 0.880. The molecule has 1 rings (SSSR count). The quantitative estimate of drug-likeness (QED) is 0.726. The molecule has 0 bridgehead atoms. The lowest BCUT2D eigenvalue weighted by Gasteiger charge is -2.16. The molecule has 2 unspecified atom stereocenters. The second-order valence-corrected chi connectivity index (χ2v) is 4.32. The van der Waals surface area contributed by atoms with Crippen LogP contribution in [0.3, 0.4) is 0 Å². The molecule has 1 aliphatic rings. The summed E-state index contributed by atoms with van der Waals surface area (Å²) in [6.07, 6.45) is 0.341. The molecule has 1 heterocycles. The number of rotatable bonds is 2. The zero-order valence-electron chi connectivity index (χ0n) is 6.64. The van der Waals surface area contributed by atoms with E-state index in [-0.39, 0.29) is 12.2 Å². The maximum Gasteiger partial charge on any atom is 0.163 e. The lowest BCUT2D eigenvalue weighted by Crippen LogP contribution is -2.24. The predicted octanol–water partition coefficient (Wildman–Crippen LogP) is 2.30. The number of halogens is 2. The number of alkyl halides is 2. The number of hydrogen-bond acceptors (Lipinski definition) is 2. The van der Waals surface area contributed by atoms with E-state index in [4.69, 9.17) is 9.47 Å². The molecule has 0 N–H and O–H groups in total. The van der Waals surface area contributed by atoms with Crippen LogP contribution in [0.4, 0.5) is 0 Å². The molecule has 1 aliphatic heterocycles. The Morgan fingerprint density at radius 3 is 1.73 bits per heavy atom. The Morgan fingerprint density at radius 2 is 1.45 bits per heavy atom. The van der Waals surface area contributed by atoms with Crippen LogP contribution in [-0.2, 0) is 9.47 Å². The van der Waals surface area contributed by atoms with Crippen LogP contribution in [0, 0.1) is 0 Å². The summed E-state index contributed by atoms with van der Waals surface area (Å²) in [6.45, 7) is 3.87. The minimum atomic E-state index is -0.420. The zero-order valence-corrected chi connectivity index (χ0v) is 9.81. The first-order valence-electron chi connectivity index (χ1n) is 3.56. The van der Waals surface area contributed by atoms with Crippen molar-refractivity contribution in [2.75, 3.05) is 10.7 Å². The van der Waals surface area contributed by atoms with Crippen molar-refractivity contribution < 1.29 is 9.47 Å². The van der Waals surface area contributed by atoms with Gasteiger partial charge in [-0.2, -0.15) is 0 Å². The van der Waals surface area contributed by atoms with Gasteiger partial charge in [-0.05, 0) is 13.8 Å². The molecular weight excluding hydrogens is 276 g/mol. The highest BCUT2D eigenvalue weighted by Gasteiger charge is 2.39. The molecule has 0 aliphatic carbocycles. The van der Waals surface area contributed by atoms with Crippen molar-refractivity contribution in [3.05, 3.63) is 0 Å². The minimum Gasteiger partial charge on any atom is -0.344 e. The average molecular weight is 288 g/mol. The Balaban J connectivity index is 2.55. The van der Waals surface area contributed by atoms with Gasteiger partial charge in [0.25, 0.3) is 0 Å². The zero-order chi connectivity index (χ0) is 8.48. The van der Waals surface area contributed by atoms with Crippen molar-refractivity contribution in [1.29, 1.82) is 0 Å². The van der Waals surface area contributed by atoms with Gasteiger partial charge in [0.15, 0.2) is 5.79 Å². The molecule has 0 spiro atoms. The molecule has 11 heavy (non-hydrogen) atoms. The first-order valence-corrected chi connectivity index (χ1v) is 5.81. The summed E-state index contributed by atoms with van der Waals surface area (Å²) in [6, 6.07) is 0. The molecule has 0 aromatic rings. The molecule has 0 aromatic carbocycles. The van der Waals surface area contributed by atoms with Crippen molar-refractivity contribution in [3.63, 3.8) is 0 Å². The lowest BCUT2D eigenvalue weighted by atomic mass is 10.3. The van der Waals surface area contributed by atoms with Gasteiger partial charge in [-0.3, -0.25) is 0 Å². The molecule has 1 saturated heterocycles. The third kappa shape index (κ3) is 2.41. The van der Waals surface area contributed by atoms with E-state index in [2.05, 4.69) is 31.9 Å². The van der Waals surface area contributed by atoms with E-state index in [1.54, 1.807) is 0 Å². The topological polar surface area (TPSA) is 18.5 Å². The van der Waals surface area contributed by atoms with Crippen LogP contribution in [0.25, 0.3) is 0 Å². The first kappa shape index (κ1) is 9.96. The fraction of sp³-hybridized carbons (Fsp3) is 1.00. The van der Waals surface area contributed by atoms with Gasteiger partial charge in [0.1, 0.15) is 0 Å². The van der Waals surface area contributed by atoms with E-state index in [0.29, 0.717) is 0 Å². The Kier molecular flexibility index (Phi) is 3.38. The Labute approximate surface area is 83.9 Å². The molecule has 0 radical (unpaired) electrons. The van der Waals surface area contributed by atoms with Crippen LogP contribution in [0.15, 0.2) is 0 Å². The van der Waals surface area contributed by atoms with Crippen LogP contribution in [0.2, 0.25) is 0 Å². The second-order valence-electron chi connectivity index (χ2n) is 3.02. The van der Waals surface area contributed by atoms with Crippen molar-refractivity contribution in [2.24, 2.45) is 0 Å². The Bertz CT molecular complexity index is 124. The number of hydrogen-bond donors (Lipinski definition) is 0. The highest BCUT2D eigenvalue weighted by Crippen LogP contribution is 2.29. The van der Waals surface area contributed by atoms with E-state index in [1.807, 2.05) is 13.8 Å². The molecule has 1 fully saturated rings. The molecule has 2 atom stereocenters. The fourth-order valence-electron chi connectivity index (χ4n) is 1.17. The minimum absolute atomic E-state index is 0.171. The normalized spacial score (nSPS) is 36.0.